The van der Waals surface area contributed by atoms with Gasteiger partial charge < -0.3 is 5.73 Å². The fourth-order valence-corrected chi connectivity index (χ4v) is 1.66. The summed E-state index contributed by atoms with van der Waals surface area (Å²) >= 11 is 1.85. The summed E-state index contributed by atoms with van der Waals surface area (Å²) < 4.78 is 0. The molecule has 0 aliphatic rings. The average Bonchev–Trinajstić information content (AvgIpc) is 1.93. The van der Waals surface area contributed by atoms with Crippen molar-refractivity contribution < 1.29 is 0 Å². The standard InChI is InChI=1S/C9H13NS/c1-7(2)11-9-5-3-8(10)4-6-9/h3-7H,10H2,1-2H3. The van der Waals surface area contributed by atoms with Crippen LogP contribution in [0.15, 0.2) is 29.2 Å². The molecule has 0 amide bonds. The van der Waals surface area contributed by atoms with E-state index in [-0.39, 0.29) is 0 Å². The smallest absolute Gasteiger partial charge is 0.0314 e. The molecule has 1 aromatic rings. The van der Waals surface area contributed by atoms with Crippen molar-refractivity contribution in [2.75, 3.05) is 5.73 Å². The quantitative estimate of drug-likeness (QED) is 0.541. The second kappa shape index (κ2) is 3.67. The van der Waals surface area contributed by atoms with Crippen molar-refractivity contribution in [1.82, 2.24) is 0 Å². The lowest BCUT2D eigenvalue weighted by Gasteiger charge is -2.03. The topological polar surface area (TPSA) is 26.0 Å². The van der Waals surface area contributed by atoms with E-state index in [0.717, 1.165) is 5.69 Å². The predicted octanol–water partition coefficient (Wildman–Crippen LogP) is 2.77. The molecule has 0 radical (unpaired) electrons. The van der Waals surface area contributed by atoms with Crippen LogP contribution < -0.4 is 5.73 Å². The summed E-state index contributed by atoms with van der Waals surface area (Å²) in [6.45, 7) is 4.36. The van der Waals surface area contributed by atoms with E-state index in [0.29, 0.717) is 5.25 Å². The number of thioether (sulfide) groups is 1. The third-order valence-corrected chi connectivity index (χ3v) is 2.27. The molecule has 1 nitrogen and oxygen atoms in total. The van der Waals surface area contributed by atoms with Crippen LogP contribution in [-0.4, -0.2) is 5.25 Å². The van der Waals surface area contributed by atoms with Crippen LogP contribution in [0.3, 0.4) is 0 Å². The first-order valence-electron chi connectivity index (χ1n) is 3.70. The minimum absolute atomic E-state index is 0.638. The van der Waals surface area contributed by atoms with Gasteiger partial charge in [0.15, 0.2) is 0 Å². The van der Waals surface area contributed by atoms with E-state index < -0.39 is 0 Å². The van der Waals surface area contributed by atoms with Gasteiger partial charge in [-0.2, -0.15) is 0 Å². The molecule has 60 valence electrons. The van der Waals surface area contributed by atoms with Gasteiger partial charge in [0.1, 0.15) is 0 Å². The molecule has 2 N–H and O–H groups in total. The zero-order valence-corrected chi connectivity index (χ0v) is 7.69. The van der Waals surface area contributed by atoms with Gasteiger partial charge in [-0.3, -0.25) is 0 Å². The summed E-state index contributed by atoms with van der Waals surface area (Å²) in [5.41, 5.74) is 6.38. The number of benzene rings is 1. The fourth-order valence-electron chi connectivity index (χ4n) is 0.819. The lowest BCUT2D eigenvalue weighted by molar-refractivity contribution is 1.11. The second-order valence-electron chi connectivity index (χ2n) is 2.74. The monoisotopic (exact) mass is 167 g/mol. The van der Waals surface area contributed by atoms with Crippen LogP contribution in [0, 0.1) is 0 Å². The highest BCUT2D eigenvalue weighted by Crippen LogP contribution is 2.23. The van der Waals surface area contributed by atoms with E-state index >= 15 is 0 Å². The highest BCUT2D eigenvalue weighted by Gasteiger charge is 1.96. The Balaban J connectivity index is 2.66. The van der Waals surface area contributed by atoms with Gasteiger partial charge in [-0.1, -0.05) is 13.8 Å². The number of hydrogen-bond acceptors (Lipinski definition) is 2. The summed E-state index contributed by atoms with van der Waals surface area (Å²) in [5, 5.41) is 0.638. The minimum atomic E-state index is 0.638. The van der Waals surface area contributed by atoms with E-state index in [2.05, 4.69) is 26.0 Å². The van der Waals surface area contributed by atoms with E-state index in [9.17, 15) is 0 Å². The Morgan fingerprint density at radius 1 is 1.18 bits per heavy atom. The minimum Gasteiger partial charge on any atom is -0.399 e. The Kier molecular flexibility index (Phi) is 2.83. The molecule has 0 atom stereocenters. The molecular weight excluding hydrogens is 154 g/mol. The van der Waals surface area contributed by atoms with Crippen LogP contribution in [-0.2, 0) is 0 Å². The van der Waals surface area contributed by atoms with Gasteiger partial charge in [-0.05, 0) is 24.3 Å². The molecule has 0 aliphatic carbocycles. The largest absolute Gasteiger partial charge is 0.399 e. The van der Waals surface area contributed by atoms with Crippen molar-refractivity contribution in [2.24, 2.45) is 0 Å². The highest BCUT2D eigenvalue weighted by molar-refractivity contribution is 7.99. The Bertz CT molecular complexity index is 216. The fraction of sp³-hybridized carbons (Fsp3) is 0.333. The van der Waals surface area contributed by atoms with Crippen molar-refractivity contribution >= 4 is 17.4 Å². The highest BCUT2D eigenvalue weighted by atomic mass is 32.2. The van der Waals surface area contributed by atoms with Crippen molar-refractivity contribution in [3.05, 3.63) is 24.3 Å². The molecule has 0 bridgehead atoms. The molecule has 0 spiro atoms. The summed E-state index contributed by atoms with van der Waals surface area (Å²) in [6.07, 6.45) is 0. The molecule has 0 unspecified atom stereocenters. The van der Waals surface area contributed by atoms with Crippen LogP contribution in [0.5, 0.6) is 0 Å². The molecular formula is C9H13NS. The van der Waals surface area contributed by atoms with E-state index in [1.54, 1.807) is 0 Å². The first kappa shape index (κ1) is 8.47. The Hall–Kier alpha value is -0.630. The third kappa shape index (κ3) is 2.85. The number of rotatable bonds is 2. The summed E-state index contributed by atoms with van der Waals surface area (Å²) in [7, 11) is 0. The second-order valence-corrected chi connectivity index (χ2v) is 4.39. The van der Waals surface area contributed by atoms with Crippen LogP contribution in [0.4, 0.5) is 5.69 Å². The van der Waals surface area contributed by atoms with Gasteiger partial charge in [-0.15, -0.1) is 11.8 Å². The van der Waals surface area contributed by atoms with Crippen molar-refractivity contribution in [1.29, 1.82) is 0 Å². The lowest BCUT2D eigenvalue weighted by Crippen LogP contribution is -1.87. The normalized spacial score (nSPS) is 10.5. The van der Waals surface area contributed by atoms with Crippen LogP contribution >= 0.6 is 11.8 Å². The number of anilines is 1. The Morgan fingerprint density at radius 3 is 2.18 bits per heavy atom. The van der Waals surface area contributed by atoms with Crippen LogP contribution in [0.1, 0.15) is 13.8 Å². The van der Waals surface area contributed by atoms with E-state index in [4.69, 9.17) is 5.73 Å². The molecule has 0 fully saturated rings. The predicted molar refractivity (Wildman–Crippen MR) is 51.8 cm³/mol. The Labute approximate surface area is 72.0 Å². The lowest BCUT2D eigenvalue weighted by atomic mass is 10.3. The average molecular weight is 167 g/mol. The zero-order chi connectivity index (χ0) is 8.27. The first-order chi connectivity index (χ1) is 5.18. The molecule has 1 aromatic carbocycles. The maximum absolute atomic E-state index is 5.55. The first-order valence-corrected chi connectivity index (χ1v) is 4.58. The van der Waals surface area contributed by atoms with Gasteiger partial charge in [0.05, 0.1) is 0 Å². The van der Waals surface area contributed by atoms with Gasteiger partial charge >= 0.3 is 0 Å². The number of hydrogen-bond donors (Lipinski definition) is 1. The van der Waals surface area contributed by atoms with Gasteiger partial charge in [0.25, 0.3) is 0 Å². The molecule has 0 aromatic heterocycles. The SMILES string of the molecule is CC(C)Sc1ccc(N)cc1. The molecule has 0 saturated heterocycles. The summed E-state index contributed by atoms with van der Waals surface area (Å²) in [4.78, 5) is 1.29. The molecule has 11 heavy (non-hydrogen) atoms. The Morgan fingerprint density at radius 2 is 1.73 bits per heavy atom. The zero-order valence-electron chi connectivity index (χ0n) is 6.87. The van der Waals surface area contributed by atoms with Gasteiger partial charge in [0.2, 0.25) is 0 Å². The van der Waals surface area contributed by atoms with Crippen molar-refractivity contribution in [3.63, 3.8) is 0 Å². The molecule has 0 heterocycles. The maximum Gasteiger partial charge on any atom is 0.0314 e. The molecule has 0 saturated carbocycles. The number of nitrogens with two attached hydrogens (primary N) is 1. The van der Waals surface area contributed by atoms with Crippen LogP contribution in [0.2, 0.25) is 0 Å². The summed E-state index contributed by atoms with van der Waals surface area (Å²) in [6, 6.07) is 7.98. The van der Waals surface area contributed by atoms with Gasteiger partial charge in [-0.25, -0.2) is 0 Å². The maximum atomic E-state index is 5.55. The molecule has 1 rings (SSSR count). The number of nitrogen functional groups attached to an aromatic ring is 1. The van der Waals surface area contributed by atoms with E-state index in [1.165, 1.54) is 4.90 Å². The summed E-state index contributed by atoms with van der Waals surface area (Å²) in [5.74, 6) is 0. The molecule has 2 heteroatoms. The van der Waals surface area contributed by atoms with E-state index in [1.807, 2.05) is 23.9 Å². The third-order valence-electron chi connectivity index (χ3n) is 1.25. The van der Waals surface area contributed by atoms with Gasteiger partial charge in [0, 0.05) is 15.8 Å². The molecule has 0 aliphatic heterocycles. The van der Waals surface area contributed by atoms with Crippen LogP contribution in [0.25, 0.3) is 0 Å². The van der Waals surface area contributed by atoms with Crippen molar-refractivity contribution in [3.8, 4) is 0 Å². The van der Waals surface area contributed by atoms with Crippen molar-refractivity contribution in [2.45, 2.75) is 24.0 Å².